The largest absolute Gasteiger partial charge is 0.366 e. The van der Waals surface area contributed by atoms with Crippen LogP contribution in [0.1, 0.15) is 12.8 Å². The number of H-pyrrole nitrogens is 1. The Hall–Kier alpha value is -1.76. The van der Waals surface area contributed by atoms with Crippen LogP contribution in [-0.2, 0) is 4.79 Å². The van der Waals surface area contributed by atoms with E-state index in [-0.39, 0.29) is 18.7 Å². The van der Waals surface area contributed by atoms with E-state index in [1.165, 1.54) is 0 Å². The number of carbonyl (C=O) groups is 1. The molecule has 12 heavy (non-hydrogen) atoms. The van der Waals surface area contributed by atoms with Crippen LogP contribution in [0.5, 0.6) is 0 Å². The number of hydrogen-bond donors (Lipinski definition) is 2. The lowest BCUT2D eigenvalue weighted by Crippen LogP contribution is -2.09. The summed E-state index contributed by atoms with van der Waals surface area (Å²) >= 11 is 0. The van der Waals surface area contributed by atoms with Crippen LogP contribution >= 0.6 is 0 Å². The fourth-order valence-corrected chi connectivity index (χ4v) is 0.795. The highest BCUT2D eigenvalue weighted by Gasteiger charge is 2.00. The normalized spacial score (nSPS) is 8.92. The van der Waals surface area contributed by atoms with E-state index >= 15 is 0 Å². The molecule has 0 saturated heterocycles. The van der Waals surface area contributed by atoms with Crippen molar-refractivity contribution in [1.82, 2.24) is 4.98 Å². The molecule has 1 heterocycles. The number of rotatable bonds is 3. The van der Waals surface area contributed by atoms with E-state index in [0.29, 0.717) is 0 Å². The van der Waals surface area contributed by atoms with Gasteiger partial charge in [0.05, 0.1) is 11.8 Å². The van der Waals surface area contributed by atoms with Crippen LogP contribution in [0.4, 0.5) is 5.69 Å². The van der Waals surface area contributed by atoms with Crippen molar-refractivity contribution in [2.45, 2.75) is 12.8 Å². The predicted molar refractivity (Wildman–Crippen MR) is 44.3 cm³/mol. The van der Waals surface area contributed by atoms with Gasteiger partial charge in [-0.1, -0.05) is 0 Å². The third-order valence-corrected chi connectivity index (χ3v) is 1.35. The molecule has 0 aliphatic heterocycles. The highest BCUT2D eigenvalue weighted by Crippen LogP contribution is 2.04. The van der Waals surface area contributed by atoms with Crippen LogP contribution in [0.15, 0.2) is 18.5 Å². The van der Waals surface area contributed by atoms with Crippen molar-refractivity contribution >= 4 is 11.6 Å². The van der Waals surface area contributed by atoms with Crippen LogP contribution in [0.25, 0.3) is 0 Å². The summed E-state index contributed by atoms with van der Waals surface area (Å²) in [4.78, 5) is 13.8. The molecule has 0 unspecified atom stereocenters. The third-order valence-electron chi connectivity index (χ3n) is 1.35. The zero-order valence-electron chi connectivity index (χ0n) is 6.50. The van der Waals surface area contributed by atoms with E-state index in [2.05, 4.69) is 10.3 Å². The second-order valence-corrected chi connectivity index (χ2v) is 2.31. The number of nitrogens with zero attached hydrogens (tertiary/aromatic N) is 1. The molecule has 0 aromatic carbocycles. The number of carbonyl (C=O) groups excluding carboxylic acids is 1. The van der Waals surface area contributed by atoms with E-state index in [0.717, 1.165) is 5.69 Å². The standard InChI is InChI=1S/C8H9N3O/c9-4-1-2-8(12)11-7-3-5-10-6-7/h3,5-6,10H,1-2H2,(H,11,12). The molecule has 4 nitrogen and oxygen atoms in total. The van der Waals surface area contributed by atoms with Crippen molar-refractivity contribution in [3.8, 4) is 6.07 Å². The molecular weight excluding hydrogens is 154 g/mol. The highest BCUT2D eigenvalue weighted by atomic mass is 16.1. The van der Waals surface area contributed by atoms with Gasteiger partial charge in [0.25, 0.3) is 0 Å². The number of aromatic amines is 1. The Morgan fingerprint density at radius 2 is 2.58 bits per heavy atom. The van der Waals surface area contributed by atoms with Gasteiger partial charge in [0.1, 0.15) is 0 Å². The lowest BCUT2D eigenvalue weighted by atomic mass is 10.3. The van der Waals surface area contributed by atoms with Gasteiger partial charge in [-0.15, -0.1) is 0 Å². The van der Waals surface area contributed by atoms with E-state index < -0.39 is 0 Å². The Labute approximate surface area is 70.2 Å². The average Bonchev–Trinajstić information content (AvgIpc) is 2.53. The van der Waals surface area contributed by atoms with Crippen LogP contribution in [0.2, 0.25) is 0 Å². The molecule has 1 amide bonds. The first kappa shape index (κ1) is 8.34. The van der Waals surface area contributed by atoms with Crippen molar-refractivity contribution in [1.29, 1.82) is 5.26 Å². The maximum Gasteiger partial charge on any atom is 0.225 e. The SMILES string of the molecule is N#CCCC(=O)Nc1cc[nH]c1. The van der Waals surface area contributed by atoms with E-state index in [4.69, 9.17) is 5.26 Å². The zero-order valence-corrected chi connectivity index (χ0v) is 6.50. The fraction of sp³-hybridized carbons (Fsp3) is 0.250. The van der Waals surface area contributed by atoms with Gasteiger partial charge in [0.2, 0.25) is 5.91 Å². The second kappa shape index (κ2) is 4.19. The Morgan fingerprint density at radius 3 is 3.17 bits per heavy atom. The summed E-state index contributed by atoms with van der Waals surface area (Å²) in [5, 5.41) is 10.8. The van der Waals surface area contributed by atoms with E-state index in [9.17, 15) is 4.79 Å². The quantitative estimate of drug-likeness (QED) is 0.704. The van der Waals surface area contributed by atoms with Gasteiger partial charge in [-0.25, -0.2) is 0 Å². The zero-order chi connectivity index (χ0) is 8.81. The van der Waals surface area contributed by atoms with Gasteiger partial charge < -0.3 is 10.3 Å². The summed E-state index contributed by atoms with van der Waals surface area (Å²) in [5.41, 5.74) is 0.734. The van der Waals surface area contributed by atoms with Gasteiger partial charge >= 0.3 is 0 Å². The Balaban J connectivity index is 2.33. The molecule has 0 saturated carbocycles. The summed E-state index contributed by atoms with van der Waals surface area (Å²) in [5.74, 6) is -0.129. The summed E-state index contributed by atoms with van der Waals surface area (Å²) in [7, 11) is 0. The smallest absolute Gasteiger partial charge is 0.225 e. The summed E-state index contributed by atoms with van der Waals surface area (Å²) in [6, 6.07) is 3.66. The molecule has 0 aliphatic rings. The Bertz CT molecular complexity index is 284. The molecule has 1 rings (SSSR count). The van der Waals surface area contributed by atoms with Crippen molar-refractivity contribution in [3.05, 3.63) is 18.5 Å². The number of amides is 1. The number of hydrogen-bond acceptors (Lipinski definition) is 2. The summed E-state index contributed by atoms with van der Waals surface area (Å²) < 4.78 is 0. The van der Waals surface area contributed by atoms with Gasteiger partial charge in [0.15, 0.2) is 0 Å². The molecule has 62 valence electrons. The topological polar surface area (TPSA) is 68.7 Å². The van der Waals surface area contributed by atoms with Crippen LogP contribution in [-0.4, -0.2) is 10.9 Å². The summed E-state index contributed by atoms with van der Waals surface area (Å²) in [6.45, 7) is 0. The number of aromatic nitrogens is 1. The second-order valence-electron chi connectivity index (χ2n) is 2.31. The lowest BCUT2D eigenvalue weighted by Gasteiger charge is -1.98. The van der Waals surface area contributed by atoms with Crippen molar-refractivity contribution in [2.75, 3.05) is 5.32 Å². The molecule has 0 aliphatic carbocycles. The molecule has 0 radical (unpaired) electrons. The predicted octanol–water partition coefficient (Wildman–Crippen LogP) is 1.26. The number of anilines is 1. The number of nitriles is 1. The average molecular weight is 163 g/mol. The molecule has 2 N–H and O–H groups in total. The van der Waals surface area contributed by atoms with Gasteiger partial charge in [-0.2, -0.15) is 5.26 Å². The molecule has 1 aromatic heterocycles. The summed E-state index contributed by atoms with van der Waals surface area (Å²) in [6.07, 6.45) is 3.92. The van der Waals surface area contributed by atoms with Crippen LogP contribution in [0, 0.1) is 11.3 Å². The van der Waals surface area contributed by atoms with Gasteiger partial charge in [-0.05, 0) is 6.07 Å². The molecule has 0 fully saturated rings. The van der Waals surface area contributed by atoms with Gasteiger partial charge in [0, 0.05) is 25.2 Å². The highest BCUT2D eigenvalue weighted by molar-refractivity contribution is 5.90. The maximum absolute atomic E-state index is 11.0. The van der Waals surface area contributed by atoms with Crippen molar-refractivity contribution in [3.63, 3.8) is 0 Å². The van der Waals surface area contributed by atoms with Crippen molar-refractivity contribution in [2.24, 2.45) is 0 Å². The van der Waals surface area contributed by atoms with Gasteiger partial charge in [-0.3, -0.25) is 4.79 Å². The molecule has 0 bridgehead atoms. The molecule has 0 atom stereocenters. The van der Waals surface area contributed by atoms with Crippen molar-refractivity contribution < 1.29 is 4.79 Å². The van der Waals surface area contributed by atoms with E-state index in [1.54, 1.807) is 18.5 Å². The third kappa shape index (κ3) is 2.46. The molecular formula is C8H9N3O. The minimum atomic E-state index is -0.129. The monoisotopic (exact) mass is 163 g/mol. The molecule has 4 heteroatoms. The first-order chi connectivity index (χ1) is 5.83. The maximum atomic E-state index is 11.0. The van der Waals surface area contributed by atoms with Crippen LogP contribution < -0.4 is 5.32 Å². The molecule has 1 aromatic rings. The fourth-order valence-electron chi connectivity index (χ4n) is 0.795. The van der Waals surface area contributed by atoms with E-state index in [1.807, 2.05) is 6.07 Å². The minimum Gasteiger partial charge on any atom is -0.366 e. The first-order valence-corrected chi connectivity index (χ1v) is 3.62. The minimum absolute atomic E-state index is 0.129. The van der Waals surface area contributed by atoms with Crippen LogP contribution in [0.3, 0.4) is 0 Å². The first-order valence-electron chi connectivity index (χ1n) is 3.62. The molecule has 0 spiro atoms. The Kier molecular flexibility index (Phi) is 2.91. The number of nitrogens with one attached hydrogen (secondary N) is 2. The lowest BCUT2D eigenvalue weighted by molar-refractivity contribution is -0.116. The Morgan fingerprint density at radius 1 is 1.75 bits per heavy atom.